The van der Waals surface area contributed by atoms with E-state index in [1.54, 1.807) is 31.4 Å². The third-order valence-corrected chi connectivity index (χ3v) is 6.16. The maximum Gasteiger partial charge on any atom is 0.248 e. The number of nitrogens with one attached hydrogen (secondary N) is 1. The summed E-state index contributed by atoms with van der Waals surface area (Å²) in [5.74, 6) is -0.000965. The number of carbonyl (C=O) groups excluding carboxylic acids is 2. The monoisotopic (exact) mass is 420 g/mol. The Morgan fingerprint density at radius 2 is 1.93 bits per heavy atom. The predicted molar refractivity (Wildman–Crippen MR) is 113 cm³/mol. The van der Waals surface area contributed by atoms with E-state index in [9.17, 15) is 9.59 Å². The maximum absolute atomic E-state index is 13.3. The summed E-state index contributed by atoms with van der Waals surface area (Å²) < 4.78 is 5.21. The van der Waals surface area contributed by atoms with Gasteiger partial charge in [-0.1, -0.05) is 25.3 Å². The van der Waals surface area contributed by atoms with E-state index in [0.29, 0.717) is 11.4 Å². The fourth-order valence-electron chi connectivity index (χ4n) is 3.59. The largest absolute Gasteiger partial charge is 0.497 e. The second kappa shape index (κ2) is 9.94. The van der Waals surface area contributed by atoms with Crippen LogP contribution in [0.15, 0.2) is 41.8 Å². The molecule has 2 aromatic rings. The van der Waals surface area contributed by atoms with E-state index in [1.165, 1.54) is 22.7 Å². The molecule has 5 nitrogen and oxygen atoms in total. The number of alkyl halides is 1. The number of rotatable bonds is 7. The second-order valence-electron chi connectivity index (χ2n) is 6.86. The Labute approximate surface area is 174 Å². The highest BCUT2D eigenvalue weighted by molar-refractivity contribution is 7.10. The minimum atomic E-state index is -0.749. The molecule has 3 rings (SSSR count). The quantitative estimate of drug-likeness (QED) is 0.670. The number of anilines is 1. The van der Waals surface area contributed by atoms with Crippen LogP contribution in [-0.2, 0) is 9.59 Å². The first-order valence-electron chi connectivity index (χ1n) is 9.50. The Bertz CT molecular complexity index is 773. The molecule has 1 N–H and O–H groups in total. The Kier molecular flexibility index (Phi) is 7.34. The summed E-state index contributed by atoms with van der Waals surface area (Å²) in [6.45, 7) is 0. The van der Waals surface area contributed by atoms with Crippen LogP contribution >= 0.6 is 22.9 Å². The molecule has 0 radical (unpaired) electrons. The van der Waals surface area contributed by atoms with Gasteiger partial charge in [-0.25, -0.2) is 0 Å². The number of halogens is 1. The SMILES string of the molecule is COc1ccc(N(C(=O)CCl)[C@H](C(=O)NC2CCCCC2)c2cccs2)cc1. The topological polar surface area (TPSA) is 58.6 Å². The highest BCUT2D eigenvalue weighted by Crippen LogP contribution is 2.32. The highest BCUT2D eigenvalue weighted by Gasteiger charge is 2.34. The normalized spacial score (nSPS) is 15.6. The molecule has 1 atom stereocenters. The highest BCUT2D eigenvalue weighted by atomic mass is 35.5. The van der Waals surface area contributed by atoms with Crippen molar-refractivity contribution in [1.29, 1.82) is 0 Å². The number of carbonyl (C=O) groups is 2. The second-order valence-corrected chi connectivity index (χ2v) is 8.10. The van der Waals surface area contributed by atoms with Crippen LogP contribution in [0.2, 0.25) is 0 Å². The summed E-state index contributed by atoms with van der Waals surface area (Å²) in [6, 6.07) is 10.3. The van der Waals surface area contributed by atoms with E-state index in [4.69, 9.17) is 16.3 Å². The van der Waals surface area contributed by atoms with Crippen molar-refractivity contribution in [3.05, 3.63) is 46.7 Å². The first kappa shape index (κ1) is 20.7. The Balaban J connectivity index is 1.94. The molecule has 150 valence electrons. The number of amides is 2. The third-order valence-electron chi connectivity index (χ3n) is 5.00. The molecule has 1 saturated carbocycles. The van der Waals surface area contributed by atoms with Crippen LogP contribution in [0.4, 0.5) is 5.69 Å². The zero-order chi connectivity index (χ0) is 19.9. The van der Waals surface area contributed by atoms with E-state index in [2.05, 4.69) is 5.32 Å². The van der Waals surface area contributed by atoms with Gasteiger partial charge in [0.05, 0.1) is 7.11 Å². The predicted octanol–water partition coefficient (Wildman–Crippen LogP) is 4.52. The van der Waals surface area contributed by atoms with Gasteiger partial charge >= 0.3 is 0 Å². The molecule has 1 aromatic carbocycles. The van der Waals surface area contributed by atoms with Gasteiger partial charge in [0, 0.05) is 16.6 Å². The molecule has 1 fully saturated rings. The average molecular weight is 421 g/mol. The van der Waals surface area contributed by atoms with E-state index in [0.717, 1.165) is 30.6 Å². The molecular weight excluding hydrogens is 396 g/mol. The smallest absolute Gasteiger partial charge is 0.248 e. The summed E-state index contributed by atoms with van der Waals surface area (Å²) in [7, 11) is 1.59. The van der Waals surface area contributed by atoms with Crippen molar-refractivity contribution < 1.29 is 14.3 Å². The molecule has 0 aliphatic heterocycles. The van der Waals surface area contributed by atoms with Crippen molar-refractivity contribution in [3.63, 3.8) is 0 Å². The minimum absolute atomic E-state index is 0.160. The molecule has 2 amide bonds. The van der Waals surface area contributed by atoms with Crippen molar-refractivity contribution in [3.8, 4) is 5.75 Å². The van der Waals surface area contributed by atoms with Gasteiger partial charge in [0.15, 0.2) is 0 Å². The number of thiophene rings is 1. The van der Waals surface area contributed by atoms with Crippen LogP contribution in [0.25, 0.3) is 0 Å². The lowest BCUT2D eigenvalue weighted by atomic mass is 9.95. The summed E-state index contributed by atoms with van der Waals surface area (Å²) in [4.78, 5) is 28.4. The van der Waals surface area contributed by atoms with Gasteiger partial charge in [0.25, 0.3) is 0 Å². The molecule has 1 aromatic heterocycles. The molecule has 0 saturated heterocycles. The first-order valence-corrected chi connectivity index (χ1v) is 10.9. The fraction of sp³-hybridized carbons (Fsp3) is 0.429. The molecule has 0 bridgehead atoms. The molecule has 7 heteroatoms. The van der Waals surface area contributed by atoms with Crippen LogP contribution in [0.3, 0.4) is 0 Å². The summed E-state index contributed by atoms with van der Waals surface area (Å²) in [6.07, 6.45) is 5.42. The van der Waals surface area contributed by atoms with E-state index in [1.807, 2.05) is 17.5 Å². The van der Waals surface area contributed by atoms with E-state index in [-0.39, 0.29) is 23.7 Å². The molecule has 28 heavy (non-hydrogen) atoms. The van der Waals surface area contributed by atoms with Crippen LogP contribution in [0.5, 0.6) is 5.75 Å². The van der Waals surface area contributed by atoms with Crippen molar-refractivity contribution >= 4 is 40.4 Å². The van der Waals surface area contributed by atoms with Crippen LogP contribution in [0.1, 0.15) is 43.0 Å². The standard InChI is InChI=1S/C21H25ClN2O3S/c1-27-17-11-9-16(10-12-17)24(19(25)14-22)20(18-8-5-13-28-18)21(26)23-15-6-3-2-4-7-15/h5,8-13,15,20H,2-4,6-7,14H2,1H3,(H,23,26)/t20-/m0/s1. The van der Waals surface area contributed by atoms with Gasteiger partial charge < -0.3 is 10.1 Å². The lowest BCUT2D eigenvalue weighted by Gasteiger charge is -2.32. The Morgan fingerprint density at radius 3 is 2.50 bits per heavy atom. The van der Waals surface area contributed by atoms with E-state index >= 15 is 0 Å². The maximum atomic E-state index is 13.3. The summed E-state index contributed by atoms with van der Waals surface area (Å²) >= 11 is 7.37. The molecule has 0 unspecified atom stereocenters. The van der Waals surface area contributed by atoms with E-state index < -0.39 is 6.04 Å². The van der Waals surface area contributed by atoms with Gasteiger partial charge in [-0.2, -0.15) is 0 Å². The van der Waals surface area contributed by atoms with Gasteiger partial charge in [-0.05, 0) is 48.6 Å². The molecular formula is C21H25ClN2O3S. The van der Waals surface area contributed by atoms with Crippen molar-refractivity contribution in [2.75, 3.05) is 17.9 Å². The van der Waals surface area contributed by atoms with Gasteiger partial charge in [0.2, 0.25) is 11.8 Å². The van der Waals surface area contributed by atoms with Gasteiger partial charge in [-0.15, -0.1) is 22.9 Å². The fourth-order valence-corrected chi connectivity index (χ4v) is 4.53. The molecule has 1 aliphatic carbocycles. The minimum Gasteiger partial charge on any atom is -0.497 e. The number of hydrogen-bond acceptors (Lipinski definition) is 4. The van der Waals surface area contributed by atoms with Gasteiger partial charge in [0.1, 0.15) is 17.7 Å². The third kappa shape index (κ3) is 4.86. The number of nitrogens with zero attached hydrogens (tertiary/aromatic N) is 1. The lowest BCUT2D eigenvalue weighted by Crippen LogP contribution is -2.47. The number of ether oxygens (including phenoxy) is 1. The first-order chi connectivity index (χ1) is 13.6. The lowest BCUT2D eigenvalue weighted by molar-refractivity contribution is -0.126. The van der Waals surface area contributed by atoms with Crippen LogP contribution < -0.4 is 15.0 Å². The Morgan fingerprint density at radius 1 is 1.21 bits per heavy atom. The molecule has 1 aliphatic rings. The Hall–Kier alpha value is -2.05. The van der Waals surface area contributed by atoms with Crippen molar-refractivity contribution in [2.45, 2.75) is 44.2 Å². The number of methoxy groups -OCH3 is 1. The number of benzene rings is 1. The van der Waals surface area contributed by atoms with Crippen molar-refractivity contribution in [2.24, 2.45) is 0 Å². The van der Waals surface area contributed by atoms with Crippen molar-refractivity contribution in [1.82, 2.24) is 5.32 Å². The zero-order valence-electron chi connectivity index (χ0n) is 15.9. The van der Waals surface area contributed by atoms with Gasteiger partial charge in [-0.3, -0.25) is 14.5 Å². The summed E-state index contributed by atoms with van der Waals surface area (Å²) in [5, 5.41) is 5.08. The average Bonchev–Trinajstić information content (AvgIpc) is 3.26. The van der Waals surface area contributed by atoms with Crippen LogP contribution in [-0.4, -0.2) is 30.8 Å². The molecule has 1 heterocycles. The zero-order valence-corrected chi connectivity index (χ0v) is 17.5. The molecule has 0 spiro atoms. The van der Waals surface area contributed by atoms with Crippen LogP contribution in [0, 0.1) is 0 Å². The summed E-state index contributed by atoms with van der Waals surface area (Å²) in [5.41, 5.74) is 0.614. The number of hydrogen-bond donors (Lipinski definition) is 1.